The van der Waals surface area contributed by atoms with E-state index in [2.05, 4.69) is 36.9 Å². The number of aliphatic carboxylic acids is 1. The van der Waals surface area contributed by atoms with Crippen LogP contribution < -0.4 is 43.4 Å². The average Bonchev–Trinajstić information content (AvgIpc) is 3.16. The fourth-order valence-corrected chi connectivity index (χ4v) is 5.81. The highest BCUT2D eigenvalue weighted by Crippen LogP contribution is 2.25. The molecule has 9 unspecified atom stereocenters. The van der Waals surface area contributed by atoms with Crippen LogP contribution in [-0.4, -0.2) is 164 Å². The number of hydrogen-bond donors (Lipinski definition) is 12. The lowest BCUT2D eigenvalue weighted by molar-refractivity contribution is -0.285. The lowest BCUT2D eigenvalue weighted by Gasteiger charge is -2.41. The molecule has 0 radical (unpaired) electrons. The van der Waals surface area contributed by atoms with Crippen LogP contribution in [0.5, 0.6) is 0 Å². The fraction of sp³-hybridized carbons (Fsp3) is 0.686. The third-order valence-corrected chi connectivity index (χ3v) is 8.88. The molecule has 14 N–H and O–H groups in total. The van der Waals surface area contributed by atoms with Crippen LogP contribution in [0.15, 0.2) is 16.8 Å². The molecule has 2 heterocycles. The second kappa shape index (κ2) is 25.8. The van der Waals surface area contributed by atoms with Crippen LogP contribution in [0.4, 0.5) is 0 Å². The molecule has 24 heteroatoms. The van der Waals surface area contributed by atoms with E-state index in [1.807, 2.05) is 0 Å². The number of allylic oxidation sites excluding steroid dienone is 1. The number of rotatable bonds is 25. The van der Waals surface area contributed by atoms with Gasteiger partial charge in [-0.25, -0.2) is 0 Å². The summed E-state index contributed by atoms with van der Waals surface area (Å²) >= 11 is 0. The zero-order valence-electron chi connectivity index (χ0n) is 33.3. The number of nitrogens with one attached hydrogen (secondary N) is 7. The predicted molar refractivity (Wildman–Crippen MR) is 206 cm³/mol. The van der Waals surface area contributed by atoms with Crippen LogP contribution in [0.2, 0.25) is 0 Å². The molecule has 6 amide bonds. The van der Waals surface area contributed by atoms with Crippen LogP contribution in [0.3, 0.4) is 0 Å². The number of nitrogens with two attached hydrogens (primary N) is 2. The van der Waals surface area contributed by atoms with Crippen molar-refractivity contribution in [3.8, 4) is 0 Å². The predicted octanol–water partition coefficient (Wildman–Crippen LogP) is -4.67. The highest BCUT2D eigenvalue weighted by molar-refractivity contribution is 5.94. The summed E-state index contributed by atoms with van der Waals surface area (Å²) in [5.74, 6) is -5.52. The number of aliphatic hydroxyl groups excluding tert-OH is 2. The molecule has 0 aromatic heterocycles. The van der Waals surface area contributed by atoms with Crippen LogP contribution in [0.25, 0.3) is 0 Å². The topological polar surface area (TPSA) is 378 Å². The van der Waals surface area contributed by atoms with Crippen molar-refractivity contribution >= 4 is 53.6 Å². The van der Waals surface area contributed by atoms with Gasteiger partial charge in [0.25, 0.3) is 0 Å². The van der Waals surface area contributed by atoms with Crippen LogP contribution >= 0.6 is 0 Å². The average molecular weight is 843 g/mol. The Morgan fingerprint density at radius 1 is 0.966 bits per heavy atom. The SMILES string of the molecule is COC1COC(OC2C=C(/C=N/CCCCCC(=O)NCC(=O)NC(CCCNC(=N)N)C(=O)NCC(=O)NC(CC(=O)O)C(N)=O)OC(C)C2NC(C)=O)C(O)C1O. The number of methoxy groups -OCH3 is 1. The number of carbonyl (C=O) groups excluding carboxylic acids is 6. The fourth-order valence-electron chi connectivity index (χ4n) is 5.81. The van der Waals surface area contributed by atoms with E-state index >= 15 is 0 Å². The lowest BCUT2D eigenvalue weighted by Crippen LogP contribution is -2.58. The molecule has 2 rings (SSSR count). The Labute approximate surface area is 340 Å². The van der Waals surface area contributed by atoms with Crippen molar-refractivity contribution < 1.29 is 67.8 Å². The summed E-state index contributed by atoms with van der Waals surface area (Å²) in [6, 6.07) is -3.31. The van der Waals surface area contributed by atoms with Gasteiger partial charge in [0.05, 0.1) is 38.4 Å². The highest BCUT2D eigenvalue weighted by Gasteiger charge is 2.43. The molecule has 9 atom stereocenters. The van der Waals surface area contributed by atoms with E-state index in [1.54, 1.807) is 13.0 Å². The van der Waals surface area contributed by atoms with Gasteiger partial charge in [0, 0.05) is 33.5 Å². The van der Waals surface area contributed by atoms with Gasteiger partial charge in [-0.05, 0) is 38.7 Å². The van der Waals surface area contributed by atoms with E-state index in [0.29, 0.717) is 31.6 Å². The Kier molecular flexibility index (Phi) is 21.8. The molecule has 0 aliphatic carbocycles. The summed E-state index contributed by atoms with van der Waals surface area (Å²) in [4.78, 5) is 88.8. The minimum absolute atomic E-state index is 0.0176. The van der Waals surface area contributed by atoms with Gasteiger partial charge < -0.3 is 77.6 Å². The maximum atomic E-state index is 12.8. The summed E-state index contributed by atoms with van der Waals surface area (Å²) in [5, 5.41) is 51.7. The Morgan fingerprint density at radius 2 is 1.64 bits per heavy atom. The maximum Gasteiger partial charge on any atom is 0.305 e. The normalized spacial score (nSPS) is 23.7. The zero-order chi connectivity index (χ0) is 44.1. The van der Waals surface area contributed by atoms with E-state index in [-0.39, 0.29) is 44.3 Å². The van der Waals surface area contributed by atoms with Crippen molar-refractivity contribution in [2.75, 3.05) is 39.9 Å². The van der Waals surface area contributed by atoms with Crippen molar-refractivity contribution in [1.29, 1.82) is 5.41 Å². The van der Waals surface area contributed by atoms with Gasteiger partial charge in [-0.15, -0.1) is 0 Å². The van der Waals surface area contributed by atoms with Crippen LogP contribution in [0.1, 0.15) is 58.8 Å². The molecule has 0 bridgehead atoms. The standard InChI is InChI=1S/C35H58N10O14/c1-18-29(43-19(2)46)23(59-34-31(53)30(52)24(56-3)17-57-34)12-20(58-18)14-39-10-6-4-5-9-25(47)41-15-26(48)44-21(8-7-11-40-35(37)38)33(55)42-16-27(49)45-22(32(36)54)13-28(50)51/h12,14,18,21-24,29-31,34,52-53H,4-11,13,15-17H2,1-3H3,(H2,36,54)(H,41,47)(H,42,55)(H,43,46)(H,44,48)(H,45,49)(H,50,51)(H4,37,38,40)/b39-14+. The monoisotopic (exact) mass is 842 g/mol. The number of amides is 6. The number of aliphatic imine (C=N–C) groups is 1. The van der Waals surface area contributed by atoms with Crippen molar-refractivity contribution in [3.63, 3.8) is 0 Å². The van der Waals surface area contributed by atoms with Crippen molar-refractivity contribution in [2.45, 2.75) is 114 Å². The number of carbonyl (C=O) groups is 7. The first-order valence-corrected chi connectivity index (χ1v) is 18.9. The molecule has 0 aromatic carbocycles. The quantitative estimate of drug-likeness (QED) is 0.0233. The Balaban J connectivity index is 1.82. The van der Waals surface area contributed by atoms with Crippen LogP contribution in [-0.2, 0) is 52.5 Å². The van der Waals surface area contributed by atoms with E-state index in [0.717, 1.165) is 0 Å². The van der Waals surface area contributed by atoms with Gasteiger partial charge >= 0.3 is 5.97 Å². The first kappa shape index (κ1) is 49.7. The Hall–Kier alpha value is -5.43. The number of guanidine groups is 1. The van der Waals surface area contributed by atoms with E-state index < -0.39 is 110 Å². The molecule has 332 valence electrons. The first-order valence-electron chi connectivity index (χ1n) is 18.9. The summed E-state index contributed by atoms with van der Waals surface area (Å²) in [7, 11) is 1.39. The molecule has 1 fully saturated rings. The number of aliphatic hydroxyl groups is 2. The molecule has 0 saturated carbocycles. The van der Waals surface area contributed by atoms with E-state index in [9.17, 15) is 43.8 Å². The summed E-state index contributed by atoms with van der Waals surface area (Å²) in [5.41, 5.74) is 10.4. The van der Waals surface area contributed by atoms with Gasteiger partial charge in [0.15, 0.2) is 12.2 Å². The third kappa shape index (κ3) is 18.8. The summed E-state index contributed by atoms with van der Waals surface area (Å²) in [6.45, 7) is 2.53. The van der Waals surface area contributed by atoms with E-state index in [1.165, 1.54) is 20.2 Å². The van der Waals surface area contributed by atoms with Gasteiger partial charge in [-0.3, -0.25) is 44.0 Å². The van der Waals surface area contributed by atoms with Crippen molar-refractivity contribution in [3.05, 3.63) is 11.8 Å². The lowest BCUT2D eigenvalue weighted by atomic mass is 10.0. The third-order valence-electron chi connectivity index (χ3n) is 8.88. The largest absolute Gasteiger partial charge is 0.487 e. The summed E-state index contributed by atoms with van der Waals surface area (Å²) < 4.78 is 22.6. The molecule has 1 saturated heterocycles. The molecule has 24 nitrogen and oxygen atoms in total. The Morgan fingerprint density at radius 3 is 2.27 bits per heavy atom. The molecule has 0 aromatic rings. The maximum absolute atomic E-state index is 12.8. The highest BCUT2D eigenvalue weighted by atomic mass is 16.7. The number of primary amides is 1. The number of carboxylic acid groups (broad SMARTS) is 1. The molecular formula is C35H58N10O14. The van der Waals surface area contributed by atoms with Gasteiger partial charge in [0.2, 0.25) is 35.4 Å². The second-order valence-corrected chi connectivity index (χ2v) is 13.7. The van der Waals surface area contributed by atoms with Gasteiger partial charge in [0.1, 0.15) is 48.4 Å². The zero-order valence-corrected chi connectivity index (χ0v) is 33.3. The smallest absolute Gasteiger partial charge is 0.305 e. The Bertz CT molecular complexity index is 1530. The molecule has 2 aliphatic rings. The van der Waals surface area contributed by atoms with Crippen molar-refractivity contribution in [1.82, 2.24) is 31.9 Å². The number of ether oxygens (including phenoxy) is 4. The summed E-state index contributed by atoms with van der Waals surface area (Å²) in [6.07, 6.45) is -1.50. The molecule has 59 heavy (non-hydrogen) atoms. The van der Waals surface area contributed by atoms with Gasteiger partial charge in [-0.1, -0.05) is 6.42 Å². The minimum atomic E-state index is -1.50. The first-order chi connectivity index (χ1) is 27.9. The molecule has 0 spiro atoms. The van der Waals surface area contributed by atoms with E-state index in [4.69, 9.17) is 40.9 Å². The second-order valence-electron chi connectivity index (χ2n) is 13.7. The van der Waals surface area contributed by atoms with Gasteiger partial charge in [-0.2, -0.15) is 0 Å². The number of hydrogen-bond acceptors (Lipinski definition) is 15. The number of unbranched alkanes of at least 4 members (excludes halogenated alkanes) is 2. The van der Waals surface area contributed by atoms with Crippen LogP contribution in [0, 0.1) is 5.41 Å². The van der Waals surface area contributed by atoms with Crippen molar-refractivity contribution in [2.24, 2.45) is 16.5 Å². The molecule has 2 aliphatic heterocycles. The number of nitrogens with zero attached hydrogens (tertiary/aromatic N) is 1. The number of carboxylic acids is 1. The molecular weight excluding hydrogens is 784 g/mol. The minimum Gasteiger partial charge on any atom is -0.487 e.